The molecule has 1 aliphatic carbocycles. The molecule has 0 atom stereocenters. The molecule has 30 heavy (non-hydrogen) atoms. The van der Waals surface area contributed by atoms with E-state index in [1.54, 1.807) is 0 Å². The standard InChI is InChI=1S/C25H28N2O2S/c1-18-12-14-21(15-13-18)30-23-22(26-20-10-6-3-7-11-20)24(28)27(25(23)29)17-16-19-8-4-2-5-9-19/h2,4-5,8-9,12-15,20,26H,3,6-7,10-11,16-17H2,1H3. The number of hydrogen-bond acceptors (Lipinski definition) is 4. The highest BCUT2D eigenvalue weighted by Crippen LogP contribution is 2.35. The van der Waals surface area contributed by atoms with Crippen molar-refractivity contribution in [2.45, 2.75) is 56.4 Å². The Morgan fingerprint density at radius 1 is 0.933 bits per heavy atom. The van der Waals surface area contributed by atoms with Gasteiger partial charge in [0.15, 0.2) is 0 Å². The Kier molecular flexibility index (Phi) is 6.58. The van der Waals surface area contributed by atoms with Gasteiger partial charge in [-0.25, -0.2) is 0 Å². The van der Waals surface area contributed by atoms with Gasteiger partial charge in [0.1, 0.15) is 10.6 Å². The van der Waals surface area contributed by atoms with Gasteiger partial charge in [-0.1, -0.05) is 79.1 Å². The second kappa shape index (κ2) is 9.52. The maximum Gasteiger partial charge on any atom is 0.278 e. The number of carbonyl (C=O) groups excluding carboxylic acids is 2. The van der Waals surface area contributed by atoms with Crippen molar-refractivity contribution in [3.8, 4) is 0 Å². The second-order valence-corrected chi connectivity index (χ2v) is 9.18. The molecule has 2 aromatic carbocycles. The molecule has 5 heteroatoms. The van der Waals surface area contributed by atoms with Gasteiger partial charge in [-0.05, 0) is 43.9 Å². The van der Waals surface area contributed by atoms with Crippen molar-refractivity contribution in [2.75, 3.05) is 6.54 Å². The molecule has 0 bridgehead atoms. The third-order valence-electron chi connectivity index (χ3n) is 5.79. The van der Waals surface area contributed by atoms with Gasteiger partial charge in [0.2, 0.25) is 0 Å². The molecule has 0 radical (unpaired) electrons. The van der Waals surface area contributed by atoms with Crippen molar-refractivity contribution in [3.63, 3.8) is 0 Å². The van der Waals surface area contributed by atoms with Crippen LogP contribution in [0.2, 0.25) is 0 Å². The molecule has 1 aliphatic heterocycles. The number of nitrogens with zero attached hydrogens (tertiary/aromatic N) is 1. The number of imide groups is 1. The molecule has 1 heterocycles. The fourth-order valence-electron chi connectivity index (χ4n) is 4.04. The molecule has 4 rings (SSSR count). The summed E-state index contributed by atoms with van der Waals surface area (Å²) in [5.74, 6) is -0.365. The maximum atomic E-state index is 13.2. The van der Waals surface area contributed by atoms with E-state index in [1.165, 1.54) is 41.5 Å². The molecule has 1 N–H and O–H groups in total. The molecule has 0 aromatic heterocycles. The summed E-state index contributed by atoms with van der Waals surface area (Å²) in [6.07, 6.45) is 6.36. The van der Waals surface area contributed by atoms with Crippen molar-refractivity contribution in [3.05, 3.63) is 76.3 Å². The third kappa shape index (κ3) is 4.78. The minimum Gasteiger partial charge on any atom is -0.377 e. The number of rotatable bonds is 7. The van der Waals surface area contributed by atoms with Crippen molar-refractivity contribution >= 4 is 23.6 Å². The zero-order valence-electron chi connectivity index (χ0n) is 17.4. The number of hydrogen-bond donors (Lipinski definition) is 1. The first-order valence-electron chi connectivity index (χ1n) is 10.8. The number of benzene rings is 2. The zero-order chi connectivity index (χ0) is 20.9. The molecular formula is C25H28N2O2S. The van der Waals surface area contributed by atoms with Crippen LogP contribution < -0.4 is 5.32 Å². The van der Waals surface area contributed by atoms with Gasteiger partial charge in [0, 0.05) is 17.5 Å². The van der Waals surface area contributed by atoms with Crippen LogP contribution in [0.1, 0.15) is 43.2 Å². The fourth-order valence-corrected chi connectivity index (χ4v) is 4.99. The highest BCUT2D eigenvalue weighted by molar-refractivity contribution is 8.04. The first kappa shape index (κ1) is 20.7. The predicted molar refractivity (Wildman–Crippen MR) is 121 cm³/mol. The molecule has 2 aliphatic rings. The van der Waals surface area contributed by atoms with E-state index in [4.69, 9.17) is 0 Å². The number of nitrogens with one attached hydrogen (secondary N) is 1. The highest BCUT2D eigenvalue weighted by Gasteiger charge is 2.39. The maximum absolute atomic E-state index is 13.2. The fraction of sp³-hybridized carbons (Fsp3) is 0.360. The smallest absolute Gasteiger partial charge is 0.278 e. The number of carbonyl (C=O) groups is 2. The number of thioether (sulfide) groups is 1. The predicted octanol–water partition coefficient (Wildman–Crippen LogP) is 4.83. The topological polar surface area (TPSA) is 49.4 Å². The van der Waals surface area contributed by atoms with Crippen molar-refractivity contribution in [1.82, 2.24) is 10.2 Å². The summed E-state index contributed by atoms with van der Waals surface area (Å²) in [6, 6.07) is 18.4. The minimum absolute atomic E-state index is 0.181. The molecule has 0 spiro atoms. The van der Waals surface area contributed by atoms with Crippen LogP contribution in [0.15, 0.2) is 70.1 Å². The lowest BCUT2D eigenvalue weighted by atomic mass is 9.95. The van der Waals surface area contributed by atoms with E-state index < -0.39 is 0 Å². The largest absolute Gasteiger partial charge is 0.377 e. The van der Waals surface area contributed by atoms with Crippen LogP contribution in [0.5, 0.6) is 0 Å². The zero-order valence-corrected chi connectivity index (χ0v) is 18.2. The summed E-state index contributed by atoms with van der Waals surface area (Å²) in [6.45, 7) is 2.44. The Bertz CT molecular complexity index is 931. The first-order valence-corrected chi connectivity index (χ1v) is 11.6. The summed E-state index contributed by atoms with van der Waals surface area (Å²) in [7, 11) is 0. The van der Waals surface area contributed by atoms with Gasteiger partial charge in [-0.15, -0.1) is 0 Å². The lowest BCUT2D eigenvalue weighted by Crippen LogP contribution is -2.38. The average molecular weight is 421 g/mol. The third-order valence-corrected chi connectivity index (χ3v) is 6.88. The van der Waals surface area contributed by atoms with E-state index in [1.807, 2.05) is 61.5 Å². The van der Waals surface area contributed by atoms with Crippen LogP contribution in [0.4, 0.5) is 0 Å². The van der Waals surface area contributed by atoms with Gasteiger partial charge in [-0.2, -0.15) is 0 Å². The number of amides is 2. The van der Waals surface area contributed by atoms with E-state index in [0.717, 1.165) is 23.3 Å². The lowest BCUT2D eigenvalue weighted by molar-refractivity contribution is -0.137. The quantitative estimate of drug-likeness (QED) is 0.652. The molecule has 1 fully saturated rings. The summed E-state index contributed by atoms with van der Waals surface area (Å²) in [5, 5.41) is 3.45. The van der Waals surface area contributed by atoms with Crippen LogP contribution in [-0.4, -0.2) is 29.3 Å². The van der Waals surface area contributed by atoms with E-state index in [-0.39, 0.29) is 17.9 Å². The molecule has 4 nitrogen and oxygen atoms in total. The van der Waals surface area contributed by atoms with Crippen LogP contribution >= 0.6 is 11.8 Å². The monoisotopic (exact) mass is 420 g/mol. The van der Waals surface area contributed by atoms with Crippen LogP contribution in [0.3, 0.4) is 0 Å². The first-order chi connectivity index (χ1) is 14.6. The molecule has 2 aromatic rings. The highest BCUT2D eigenvalue weighted by atomic mass is 32.2. The van der Waals surface area contributed by atoms with Gasteiger partial charge in [-0.3, -0.25) is 14.5 Å². The summed E-state index contributed by atoms with van der Waals surface area (Å²) in [4.78, 5) is 29.4. The molecule has 2 amide bonds. The minimum atomic E-state index is -0.184. The van der Waals surface area contributed by atoms with Crippen LogP contribution in [-0.2, 0) is 16.0 Å². The molecule has 156 valence electrons. The Morgan fingerprint density at radius 3 is 2.33 bits per heavy atom. The molecule has 0 saturated heterocycles. The molecule has 1 saturated carbocycles. The molecular weight excluding hydrogens is 392 g/mol. The van der Waals surface area contributed by atoms with Gasteiger partial charge in [0.05, 0.1) is 0 Å². The normalized spacial score (nSPS) is 17.7. The van der Waals surface area contributed by atoms with E-state index in [0.29, 0.717) is 23.6 Å². The Hall–Kier alpha value is -2.53. The summed E-state index contributed by atoms with van der Waals surface area (Å²) >= 11 is 1.40. The Morgan fingerprint density at radius 2 is 1.63 bits per heavy atom. The van der Waals surface area contributed by atoms with Crippen molar-refractivity contribution in [2.24, 2.45) is 0 Å². The average Bonchev–Trinajstić information content (AvgIpc) is 2.99. The Balaban J connectivity index is 1.55. The number of aryl methyl sites for hydroxylation is 1. The van der Waals surface area contributed by atoms with E-state index in [9.17, 15) is 9.59 Å². The van der Waals surface area contributed by atoms with E-state index >= 15 is 0 Å². The molecule has 0 unspecified atom stereocenters. The van der Waals surface area contributed by atoms with Gasteiger partial charge in [0.25, 0.3) is 11.8 Å². The van der Waals surface area contributed by atoms with Crippen LogP contribution in [0, 0.1) is 6.92 Å². The van der Waals surface area contributed by atoms with Gasteiger partial charge >= 0.3 is 0 Å². The SMILES string of the molecule is Cc1ccc(SC2=C(NC3CCCCC3)C(=O)N(CCc3ccccc3)C2=O)cc1. The van der Waals surface area contributed by atoms with Crippen LogP contribution in [0.25, 0.3) is 0 Å². The van der Waals surface area contributed by atoms with Crippen molar-refractivity contribution in [1.29, 1.82) is 0 Å². The Labute approximate surface area is 182 Å². The lowest BCUT2D eigenvalue weighted by Gasteiger charge is -2.24. The second-order valence-electron chi connectivity index (χ2n) is 8.10. The van der Waals surface area contributed by atoms with Crippen molar-refractivity contribution < 1.29 is 9.59 Å². The van der Waals surface area contributed by atoms with Gasteiger partial charge < -0.3 is 5.32 Å². The summed E-state index contributed by atoms with van der Waals surface area (Å²) in [5.41, 5.74) is 2.79. The van der Waals surface area contributed by atoms with E-state index in [2.05, 4.69) is 5.32 Å². The summed E-state index contributed by atoms with van der Waals surface area (Å²) < 4.78 is 0.